The summed E-state index contributed by atoms with van der Waals surface area (Å²) in [5.74, 6) is 0. The summed E-state index contributed by atoms with van der Waals surface area (Å²) in [6, 6.07) is 0. The quantitative estimate of drug-likeness (QED) is 0.320. The van der Waals surface area contributed by atoms with Crippen molar-refractivity contribution in [1.82, 2.24) is 0 Å². The molecule has 5 aliphatic heterocycles. The van der Waals surface area contributed by atoms with Crippen molar-refractivity contribution in [1.29, 1.82) is 0 Å². The van der Waals surface area contributed by atoms with Crippen molar-refractivity contribution in [2.24, 2.45) is 0 Å². The molecule has 108 valence electrons. The zero-order chi connectivity index (χ0) is 13.8. The molecule has 0 fully saturated rings. The van der Waals surface area contributed by atoms with E-state index < -0.39 is 0 Å². The van der Waals surface area contributed by atoms with E-state index in [9.17, 15) is 0 Å². The van der Waals surface area contributed by atoms with E-state index in [1.54, 1.807) is 24.6 Å². The van der Waals surface area contributed by atoms with Crippen LogP contribution in [0.4, 0.5) is 0 Å². The summed E-state index contributed by atoms with van der Waals surface area (Å²) in [5, 5.41) is 1.21. The SMILES string of the molecule is C1=C[Se]C(=C2SC3=C(SC(=C4SC5=C(SCS5)S4)S3)S2)[Se]1. The summed E-state index contributed by atoms with van der Waals surface area (Å²) < 4.78 is 12.6. The normalized spacial score (nSPS) is 27.8. The Hall–Kier alpha value is 2.54. The molecule has 10 heteroatoms. The maximum absolute atomic E-state index is 2.39. The number of rotatable bonds is 0. The first-order valence-electron chi connectivity index (χ1n) is 5.65. The molecule has 0 aromatic heterocycles. The average Bonchev–Trinajstić information content (AvgIpc) is 3.23. The molecule has 0 aromatic carbocycles. The Bertz CT molecular complexity index is 651. The molecule has 0 atom stereocenters. The molecule has 0 radical (unpaired) electrons. The minimum atomic E-state index is 0.641. The molecule has 0 aliphatic carbocycles. The van der Waals surface area contributed by atoms with Gasteiger partial charge in [0.25, 0.3) is 0 Å². The Balaban J connectivity index is 1.32. The van der Waals surface area contributed by atoms with Gasteiger partial charge >= 0.3 is 172 Å². The molecule has 0 aromatic rings. The molecule has 0 saturated carbocycles. The number of hydrogen-bond donors (Lipinski definition) is 0. The topological polar surface area (TPSA) is 0 Å². The molecule has 5 aliphatic rings. The van der Waals surface area contributed by atoms with Crippen molar-refractivity contribution in [3.05, 3.63) is 43.0 Å². The summed E-state index contributed by atoms with van der Waals surface area (Å²) in [6.45, 7) is 0. The van der Waals surface area contributed by atoms with Crippen LogP contribution in [0.1, 0.15) is 0 Å². The van der Waals surface area contributed by atoms with Gasteiger partial charge in [-0.3, -0.25) is 0 Å². The molecule has 0 nitrogen and oxygen atoms in total. The third kappa shape index (κ3) is 3.08. The van der Waals surface area contributed by atoms with Gasteiger partial charge in [-0.2, -0.15) is 0 Å². The Morgan fingerprint density at radius 2 is 1.00 bits per heavy atom. The Morgan fingerprint density at radius 1 is 0.571 bits per heavy atom. The van der Waals surface area contributed by atoms with Gasteiger partial charge in [0, 0.05) is 0 Å². The zero-order valence-electron chi connectivity index (χ0n) is 9.94. The molecule has 0 spiro atoms. The predicted molar refractivity (Wildman–Crippen MR) is 114 cm³/mol. The van der Waals surface area contributed by atoms with E-state index in [1.165, 1.54) is 13.6 Å². The first kappa shape index (κ1) is 15.8. The van der Waals surface area contributed by atoms with Gasteiger partial charge in [0.1, 0.15) is 0 Å². The number of thioether (sulfide) groups is 8. The van der Waals surface area contributed by atoms with Crippen LogP contribution in [0, 0.1) is 0 Å². The minimum absolute atomic E-state index is 0.641. The van der Waals surface area contributed by atoms with Crippen LogP contribution in [0.25, 0.3) is 0 Å². The summed E-state index contributed by atoms with van der Waals surface area (Å²) >= 11 is 17.4. The molecule has 5 rings (SSSR count). The second-order valence-electron chi connectivity index (χ2n) is 3.83. The van der Waals surface area contributed by atoms with Crippen molar-refractivity contribution in [3.8, 4) is 0 Å². The van der Waals surface area contributed by atoms with Crippen molar-refractivity contribution < 1.29 is 0 Å². The van der Waals surface area contributed by atoms with E-state index in [0.717, 1.165) is 0 Å². The van der Waals surface area contributed by atoms with Gasteiger partial charge in [-0.05, 0) is 0 Å². The van der Waals surface area contributed by atoms with Gasteiger partial charge in [-0.15, -0.1) is 0 Å². The van der Waals surface area contributed by atoms with E-state index >= 15 is 0 Å². The summed E-state index contributed by atoms with van der Waals surface area (Å²) in [7, 11) is 0. The van der Waals surface area contributed by atoms with Crippen molar-refractivity contribution in [2.75, 3.05) is 5.08 Å². The fourth-order valence-corrected chi connectivity index (χ4v) is 20.7. The van der Waals surface area contributed by atoms with E-state index in [-0.39, 0.29) is 0 Å². The van der Waals surface area contributed by atoms with Crippen LogP contribution in [0.2, 0.25) is 0 Å². The maximum atomic E-state index is 2.39. The van der Waals surface area contributed by atoms with Crippen LogP contribution in [0.5, 0.6) is 0 Å². The van der Waals surface area contributed by atoms with Crippen molar-refractivity contribution in [3.63, 3.8) is 0 Å². The third-order valence-electron chi connectivity index (χ3n) is 2.56. The van der Waals surface area contributed by atoms with Gasteiger partial charge in [0.05, 0.1) is 0 Å². The second kappa shape index (κ2) is 6.69. The molecule has 5 heterocycles. The second-order valence-corrected chi connectivity index (χ2v) is 19.3. The van der Waals surface area contributed by atoms with Crippen LogP contribution in [0.3, 0.4) is 0 Å². The van der Waals surface area contributed by atoms with Crippen LogP contribution in [0.15, 0.2) is 43.0 Å². The Kier molecular flexibility index (Phi) is 5.02. The fraction of sp³-hybridized carbons (Fsp3) is 0.0909. The van der Waals surface area contributed by atoms with Crippen LogP contribution in [-0.2, 0) is 0 Å². The van der Waals surface area contributed by atoms with Crippen LogP contribution >= 0.6 is 94.1 Å². The molecule has 0 saturated heterocycles. The molecule has 0 unspecified atom stereocenters. The predicted octanol–water partition coefficient (Wildman–Crippen LogP) is 6.26. The zero-order valence-corrected chi connectivity index (χ0v) is 19.9. The number of hydrogen-bond acceptors (Lipinski definition) is 8. The van der Waals surface area contributed by atoms with E-state index in [4.69, 9.17) is 0 Å². The van der Waals surface area contributed by atoms with E-state index in [0.29, 0.717) is 29.9 Å². The molecule has 21 heavy (non-hydrogen) atoms. The molecule has 0 N–H and O–H groups in total. The molecule has 0 bridgehead atoms. The van der Waals surface area contributed by atoms with Gasteiger partial charge in [-0.25, -0.2) is 0 Å². The summed E-state index contributed by atoms with van der Waals surface area (Å²) in [5.41, 5.74) is 0. The van der Waals surface area contributed by atoms with Gasteiger partial charge in [-0.1, -0.05) is 0 Å². The molecule has 0 amide bonds. The van der Waals surface area contributed by atoms with Crippen LogP contribution < -0.4 is 0 Å². The van der Waals surface area contributed by atoms with Gasteiger partial charge in [0.15, 0.2) is 0 Å². The standard InChI is InChI=1S/C11H4S8Se2/c1-2-21-11(20-1)10-18-8-9(19-10)17-7(16-8)6-14-4-5(15-6)13-3-12-4/h1-2H,3H2. The third-order valence-corrected chi connectivity index (χ3v) is 21.4. The first-order valence-corrected chi connectivity index (χ1v) is 16.2. The van der Waals surface area contributed by atoms with Gasteiger partial charge < -0.3 is 0 Å². The van der Waals surface area contributed by atoms with Gasteiger partial charge in [0.2, 0.25) is 0 Å². The molecular formula is C11H4S8Se2. The first-order chi connectivity index (χ1) is 10.4. The van der Waals surface area contributed by atoms with E-state index in [2.05, 4.69) is 9.95 Å². The fourth-order valence-electron chi connectivity index (χ4n) is 1.73. The average molecular weight is 551 g/mol. The Labute approximate surface area is 169 Å². The summed E-state index contributed by atoms with van der Waals surface area (Å²) in [6.07, 6.45) is 0. The van der Waals surface area contributed by atoms with E-state index in [1.807, 2.05) is 94.1 Å². The van der Waals surface area contributed by atoms with Crippen molar-refractivity contribution >= 4 is 124 Å². The monoisotopic (exact) mass is 552 g/mol. The van der Waals surface area contributed by atoms with Crippen LogP contribution in [-0.4, -0.2) is 35.0 Å². The molecular weight excluding hydrogens is 547 g/mol. The Morgan fingerprint density at radius 3 is 1.52 bits per heavy atom. The van der Waals surface area contributed by atoms with Crippen molar-refractivity contribution in [2.45, 2.75) is 0 Å². The summed E-state index contributed by atoms with van der Waals surface area (Å²) in [4.78, 5) is 4.78.